The molecule has 0 aromatic rings. The third kappa shape index (κ3) is 4.61. The minimum atomic E-state index is -0.993. The highest BCUT2D eigenvalue weighted by Gasteiger charge is 2.47. The highest BCUT2D eigenvalue weighted by Crippen LogP contribution is 2.39. The zero-order valence-corrected chi connectivity index (χ0v) is 11.8. The van der Waals surface area contributed by atoms with Crippen molar-refractivity contribution in [3.63, 3.8) is 0 Å². The Balaban J connectivity index is 4.70. The quantitative estimate of drug-likeness (QED) is 0.612. The predicted molar refractivity (Wildman–Crippen MR) is 63.1 cm³/mol. The maximum Gasteiger partial charge on any atom is 0.350 e. The highest BCUT2D eigenvalue weighted by molar-refractivity contribution is 5.76. The van der Waals surface area contributed by atoms with Gasteiger partial charge in [0.2, 0.25) is 0 Å². The van der Waals surface area contributed by atoms with Crippen LogP contribution in [0.5, 0.6) is 0 Å². The zero-order chi connectivity index (χ0) is 13.9. The van der Waals surface area contributed by atoms with Crippen LogP contribution in [-0.2, 0) is 19.5 Å². The summed E-state index contributed by atoms with van der Waals surface area (Å²) in [6, 6.07) is 0. The SMILES string of the molecule is CC(C)(C)OOCC(C)(C(=O)OO)C(C)(C)C. The molecule has 5 heteroatoms. The largest absolute Gasteiger partial charge is 0.350 e. The molecule has 0 aliphatic carbocycles. The van der Waals surface area contributed by atoms with E-state index in [4.69, 9.17) is 15.0 Å². The monoisotopic (exact) mass is 248 g/mol. The van der Waals surface area contributed by atoms with Crippen molar-refractivity contribution in [3.8, 4) is 0 Å². The molecule has 0 heterocycles. The lowest BCUT2D eigenvalue weighted by atomic mass is 9.68. The molecule has 0 aliphatic rings. The summed E-state index contributed by atoms with van der Waals surface area (Å²) in [4.78, 5) is 25.7. The molecule has 5 nitrogen and oxygen atoms in total. The number of carbonyl (C=O) groups excluding carboxylic acids is 1. The molecule has 0 saturated heterocycles. The van der Waals surface area contributed by atoms with E-state index in [0.29, 0.717) is 0 Å². The van der Waals surface area contributed by atoms with E-state index in [9.17, 15) is 4.79 Å². The summed E-state index contributed by atoms with van der Waals surface area (Å²) in [7, 11) is 0. The van der Waals surface area contributed by atoms with Crippen LogP contribution in [0.25, 0.3) is 0 Å². The Kier molecular flexibility index (Phi) is 5.13. The molecular weight excluding hydrogens is 224 g/mol. The van der Waals surface area contributed by atoms with Crippen molar-refractivity contribution in [1.82, 2.24) is 0 Å². The van der Waals surface area contributed by atoms with Gasteiger partial charge in [-0.15, -0.1) is 0 Å². The summed E-state index contributed by atoms with van der Waals surface area (Å²) in [6.07, 6.45) is 0. The molecule has 17 heavy (non-hydrogen) atoms. The molecule has 0 amide bonds. The van der Waals surface area contributed by atoms with E-state index in [-0.39, 0.29) is 6.61 Å². The Morgan fingerprint density at radius 2 is 1.53 bits per heavy atom. The molecule has 0 aliphatic heterocycles. The van der Waals surface area contributed by atoms with Gasteiger partial charge in [0.15, 0.2) is 0 Å². The van der Waals surface area contributed by atoms with Gasteiger partial charge in [-0.1, -0.05) is 20.8 Å². The minimum absolute atomic E-state index is 0.00711. The van der Waals surface area contributed by atoms with E-state index in [0.717, 1.165) is 0 Å². The first-order valence-electron chi connectivity index (χ1n) is 5.60. The summed E-state index contributed by atoms with van der Waals surface area (Å²) in [5.41, 5.74) is -1.89. The van der Waals surface area contributed by atoms with Crippen LogP contribution in [0.1, 0.15) is 48.5 Å². The first-order chi connectivity index (χ1) is 7.44. The lowest BCUT2D eigenvalue weighted by molar-refractivity contribution is -0.364. The fourth-order valence-corrected chi connectivity index (χ4v) is 1.01. The van der Waals surface area contributed by atoms with Crippen LogP contribution in [0, 0.1) is 10.8 Å². The van der Waals surface area contributed by atoms with Gasteiger partial charge in [0, 0.05) is 0 Å². The minimum Gasteiger partial charge on any atom is -0.300 e. The van der Waals surface area contributed by atoms with Gasteiger partial charge in [-0.3, -0.25) is 0 Å². The summed E-state index contributed by atoms with van der Waals surface area (Å²) in [6.45, 7) is 12.8. The molecule has 0 aromatic carbocycles. The van der Waals surface area contributed by atoms with Crippen LogP contribution in [0.3, 0.4) is 0 Å². The molecule has 102 valence electrons. The standard InChI is InChI=1S/C12H24O5/c1-10(2,3)12(7,9(13)16-14)8-15-17-11(4,5)6/h14H,8H2,1-7H3. The van der Waals surface area contributed by atoms with E-state index in [1.807, 2.05) is 41.5 Å². The fourth-order valence-electron chi connectivity index (χ4n) is 1.01. The van der Waals surface area contributed by atoms with E-state index in [2.05, 4.69) is 4.89 Å². The molecule has 0 bridgehead atoms. The van der Waals surface area contributed by atoms with Gasteiger partial charge in [0.1, 0.15) is 0 Å². The van der Waals surface area contributed by atoms with E-state index >= 15 is 0 Å². The van der Waals surface area contributed by atoms with Gasteiger partial charge in [-0.05, 0) is 33.1 Å². The van der Waals surface area contributed by atoms with Crippen LogP contribution in [0.4, 0.5) is 0 Å². The van der Waals surface area contributed by atoms with E-state index < -0.39 is 22.4 Å². The van der Waals surface area contributed by atoms with Gasteiger partial charge >= 0.3 is 5.97 Å². The Hall–Kier alpha value is -0.650. The van der Waals surface area contributed by atoms with Crippen LogP contribution >= 0.6 is 0 Å². The first-order valence-corrected chi connectivity index (χ1v) is 5.60. The molecule has 0 spiro atoms. The van der Waals surface area contributed by atoms with Crippen LogP contribution in [0.15, 0.2) is 0 Å². The number of carbonyl (C=O) groups is 1. The molecule has 1 N–H and O–H groups in total. The molecule has 0 aromatic heterocycles. The molecule has 0 rings (SSSR count). The fraction of sp³-hybridized carbons (Fsp3) is 0.917. The second-order valence-corrected chi connectivity index (χ2v) is 6.42. The molecule has 0 saturated carbocycles. The van der Waals surface area contributed by atoms with Crippen LogP contribution in [-0.4, -0.2) is 23.4 Å². The summed E-state index contributed by atoms with van der Waals surface area (Å²) >= 11 is 0. The number of hydrogen-bond acceptors (Lipinski definition) is 5. The van der Waals surface area contributed by atoms with Crippen molar-refractivity contribution in [1.29, 1.82) is 0 Å². The van der Waals surface area contributed by atoms with Crippen molar-refractivity contribution in [2.45, 2.75) is 54.1 Å². The highest BCUT2D eigenvalue weighted by atomic mass is 17.2. The van der Waals surface area contributed by atoms with Crippen LogP contribution < -0.4 is 0 Å². The molecular formula is C12H24O5. The maximum atomic E-state index is 11.6. The summed E-state index contributed by atoms with van der Waals surface area (Å²) < 4.78 is 0. The maximum absolute atomic E-state index is 11.6. The zero-order valence-electron chi connectivity index (χ0n) is 11.8. The molecule has 1 unspecified atom stereocenters. The molecule has 1 atom stereocenters. The van der Waals surface area contributed by atoms with Gasteiger partial charge in [0.05, 0.1) is 17.6 Å². The third-order valence-electron chi connectivity index (χ3n) is 2.85. The summed E-state index contributed by atoms with van der Waals surface area (Å²) in [5.74, 6) is -0.734. The van der Waals surface area contributed by atoms with Crippen molar-refractivity contribution < 1.29 is 24.7 Å². The predicted octanol–water partition coefficient (Wildman–Crippen LogP) is 2.80. The Labute approximate surface area is 103 Å². The average molecular weight is 248 g/mol. The Bertz CT molecular complexity index is 261. The third-order valence-corrected chi connectivity index (χ3v) is 2.85. The smallest absolute Gasteiger partial charge is 0.300 e. The van der Waals surface area contributed by atoms with E-state index in [1.54, 1.807) is 6.92 Å². The van der Waals surface area contributed by atoms with Crippen molar-refractivity contribution >= 4 is 5.97 Å². The van der Waals surface area contributed by atoms with Crippen molar-refractivity contribution in [2.24, 2.45) is 10.8 Å². The topological polar surface area (TPSA) is 65.0 Å². The van der Waals surface area contributed by atoms with Gasteiger partial charge < -0.3 is 4.89 Å². The summed E-state index contributed by atoms with van der Waals surface area (Å²) in [5, 5.41) is 8.55. The second-order valence-electron chi connectivity index (χ2n) is 6.42. The number of rotatable bonds is 4. The molecule has 0 fully saturated rings. The lowest BCUT2D eigenvalue weighted by Gasteiger charge is -2.38. The van der Waals surface area contributed by atoms with Gasteiger partial charge in [-0.25, -0.2) is 14.6 Å². The van der Waals surface area contributed by atoms with E-state index in [1.165, 1.54) is 0 Å². The number of hydrogen-bond donors (Lipinski definition) is 1. The van der Waals surface area contributed by atoms with Gasteiger partial charge in [-0.2, -0.15) is 5.26 Å². The van der Waals surface area contributed by atoms with Gasteiger partial charge in [0.25, 0.3) is 0 Å². The van der Waals surface area contributed by atoms with Crippen molar-refractivity contribution in [2.75, 3.05) is 6.61 Å². The Morgan fingerprint density at radius 1 is 1.06 bits per heavy atom. The molecule has 0 radical (unpaired) electrons. The lowest BCUT2D eigenvalue weighted by Crippen LogP contribution is -2.45. The first kappa shape index (κ1) is 16.4. The van der Waals surface area contributed by atoms with Crippen molar-refractivity contribution in [3.05, 3.63) is 0 Å². The Morgan fingerprint density at radius 3 is 1.82 bits per heavy atom. The normalized spacial score (nSPS) is 16.5. The second kappa shape index (κ2) is 5.33. The average Bonchev–Trinajstić information content (AvgIpc) is 2.12. The van der Waals surface area contributed by atoms with Crippen LogP contribution in [0.2, 0.25) is 0 Å².